The summed E-state index contributed by atoms with van der Waals surface area (Å²) in [5, 5.41) is 0. The predicted molar refractivity (Wildman–Crippen MR) is 56.7 cm³/mol. The van der Waals surface area contributed by atoms with E-state index in [0.717, 1.165) is 6.42 Å². The van der Waals surface area contributed by atoms with Gasteiger partial charge in [-0.2, -0.15) is 11.8 Å². The Morgan fingerprint density at radius 2 is 2.08 bits per heavy atom. The van der Waals surface area contributed by atoms with Gasteiger partial charge in [-0.3, -0.25) is 0 Å². The molecule has 1 unspecified atom stereocenters. The van der Waals surface area contributed by atoms with Gasteiger partial charge in [0, 0.05) is 6.54 Å². The molecule has 0 heterocycles. The summed E-state index contributed by atoms with van der Waals surface area (Å²) in [6.45, 7) is 4.75. The zero-order valence-electron chi connectivity index (χ0n) is 8.38. The Hall–Kier alpha value is 0.270. The van der Waals surface area contributed by atoms with E-state index in [4.69, 9.17) is 10.5 Å². The van der Waals surface area contributed by atoms with E-state index < -0.39 is 0 Å². The van der Waals surface area contributed by atoms with E-state index in [0.29, 0.717) is 12.6 Å². The Balaban J connectivity index is 3.39. The molecule has 1 atom stereocenters. The van der Waals surface area contributed by atoms with Gasteiger partial charge in [-0.05, 0) is 38.7 Å². The lowest BCUT2D eigenvalue weighted by Gasteiger charge is -2.18. The normalized spacial score (nSPS) is 13.8. The molecule has 0 aliphatic carbocycles. The van der Waals surface area contributed by atoms with Crippen LogP contribution in [0, 0.1) is 0 Å². The fourth-order valence-electron chi connectivity index (χ4n) is 1.08. The van der Waals surface area contributed by atoms with Crippen LogP contribution in [0.15, 0.2) is 0 Å². The van der Waals surface area contributed by atoms with Crippen LogP contribution in [0.2, 0.25) is 0 Å². The highest BCUT2D eigenvalue weighted by molar-refractivity contribution is 7.98. The zero-order valence-corrected chi connectivity index (χ0v) is 9.19. The molecule has 0 fully saturated rings. The average Bonchev–Trinajstić information content (AvgIpc) is 2.02. The van der Waals surface area contributed by atoms with Crippen molar-refractivity contribution in [3.05, 3.63) is 0 Å². The van der Waals surface area contributed by atoms with E-state index in [1.54, 1.807) is 0 Å². The minimum Gasteiger partial charge on any atom is -0.374 e. The van der Waals surface area contributed by atoms with Gasteiger partial charge in [0.25, 0.3) is 0 Å². The topological polar surface area (TPSA) is 35.2 Å². The molecule has 0 radical (unpaired) electrons. The predicted octanol–water partition coefficient (Wildman–Crippen LogP) is 1.88. The highest BCUT2D eigenvalue weighted by Crippen LogP contribution is 2.07. The lowest BCUT2D eigenvalue weighted by atomic mass is 10.2. The van der Waals surface area contributed by atoms with Gasteiger partial charge in [0.15, 0.2) is 0 Å². The number of hydrogen-bond donors (Lipinski definition) is 1. The van der Waals surface area contributed by atoms with Gasteiger partial charge in [0.05, 0.1) is 12.2 Å². The molecule has 0 aromatic carbocycles. The van der Waals surface area contributed by atoms with Gasteiger partial charge in [0.1, 0.15) is 0 Å². The molecule has 74 valence electrons. The third kappa shape index (κ3) is 6.95. The molecule has 0 saturated carbocycles. The lowest BCUT2D eigenvalue weighted by Crippen LogP contribution is -2.26. The molecule has 3 heteroatoms. The van der Waals surface area contributed by atoms with Gasteiger partial charge in [0.2, 0.25) is 0 Å². The summed E-state index contributed by atoms with van der Waals surface area (Å²) in [6, 6.07) is 0. The molecule has 0 aromatic heterocycles. The van der Waals surface area contributed by atoms with Crippen molar-refractivity contribution in [2.24, 2.45) is 5.73 Å². The van der Waals surface area contributed by atoms with E-state index >= 15 is 0 Å². The molecule has 0 amide bonds. The number of thioether (sulfide) groups is 1. The third-order valence-electron chi connectivity index (χ3n) is 1.60. The van der Waals surface area contributed by atoms with Gasteiger partial charge < -0.3 is 10.5 Å². The fraction of sp³-hybridized carbons (Fsp3) is 1.00. The van der Waals surface area contributed by atoms with Crippen molar-refractivity contribution < 1.29 is 4.74 Å². The minimum absolute atomic E-state index is 0.261. The van der Waals surface area contributed by atoms with Crippen molar-refractivity contribution >= 4 is 11.8 Å². The summed E-state index contributed by atoms with van der Waals surface area (Å²) in [6.07, 6.45) is 4.98. The van der Waals surface area contributed by atoms with Crippen LogP contribution in [-0.2, 0) is 4.74 Å². The Bertz CT molecular complexity index is 98.5. The summed E-state index contributed by atoms with van der Waals surface area (Å²) in [7, 11) is 0. The maximum atomic E-state index is 5.61. The number of nitrogens with two attached hydrogens (primary N) is 1. The SMILES string of the molecule is CSCCCC(CN)OC(C)C. The van der Waals surface area contributed by atoms with Crippen molar-refractivity contribution in [3.8, 4) is 0 Å². The van der Waals surface area contributed by atoms with Crippen molar-refractivity contribution in [2.75, 3.05) is 18.6 Å². The first-order valence-electron chi connectivity index (χ1n) is 4.55. The van der Waals surface area contributed by atoms with Crippen molar-refractivity contribution in [1.82, 2.24) is 0 Å². The van der Waals surface area contributed by atoms with Crippen LogP contribution < -0.4 is 5.73 Å². The second kappa shape index (κ2) is 7.90. The zero-order chi connectivity index (χ0) is 9.40. The van der Waals surface area contributed by atoms with Gasteiger partial charge in [-0.1, -0.05) is 0 Å². The summed E-state index contributed by atoms with van der Waals surface area (Å²) in [5.41, 5.74) is 5.57. The molecule has 0 rings (SSSR count). The number of rotatable bonds is 7. The molecule has 0 aliphatic heterocycles. The molecule has 0 aromatic rings. The van der Waals surface area contributed by atoms with E-state index in [2.05, 4.69) is 20.1 Å². The Kier molecular flexibility index (Phi) is 8.07. The average molecular weight is 191 g/mol. The van der Waals surface area contributed by atoms with Crippen molar-refractivity contribution in [1.29, 1.82) is 0 Å². The second-order valence-electron chi connectivity index (χ2n) is 3.18. The molecule has 0 bridgehead atoms. The molecule has 0 saturated heterocycles. The van der Waals surface area contributed by atoms with Crippen LogP contribution in [0.3, 0.4) is 0 Å². The largest absolute Gasteiger partial charge is 0.374 e. The molecule has 0 aliphatic rings. The first-order chi connectivity index (χ1) is 5.70. The Labute approximate surface area is 80.2 Å². The van der Waals surface area contributed by atoms with Crippen LogP contribution in [0.5, 0.6) is 0 Å². The summed E-state index contributed by atoms with van der Waals surface area (Å²) in [4.78, 5) is 0. The monoisotopic (exact) mass is 191 g/mol. The minimum atomic E-state index is 0.261. The number of ether oxygens (including phenoxy) is 1. The van der Waals surface area contributed by atoms with Crippen LogP contribution in [0.1, 0.15) is 26.7 Å². The second-order valence-corrected chi connectivity index (χ2v) is 4.16. The fourth-order valence-corrected chi connectivity index (χ4v) is 1.54. The maximum Gasteiger partial charge on any atom is 0.0701 e. The smallest absolute Gasteiger partial charge is 0.0701 e. The van der Waals surface area contributed by atoms with Crippen LogP contribution in [0.4, 0.5) is 0 Å². The summed E-state index contributed by atoms with van der Waals surface area (Å²) < 4.78 is 5.61. The molecule has 12 heavy (non-hydrogen) atoms. The Morgan fingerprint density at radius 3 is 2.50 bits per heavy atom. The molecule has 2 nitrogen and oxygen atoms in total. The van der Waals surface area contributed by atoms with Crippen molar-refractivity contribution in [2.45, 2.75) is 38.9 Å². The number of hydrogen-bond acceptors (Lipinski definition) is 3. The summed E-state index contributed by atoms with van der Waals surface area (Å²) in [5.74, 6) is 1.21. The van der Waals surface area contributed by atoms with E-state index in [-0.39, 0.29) is 6.10 Å². The Morgan fingerprint density at radius 1 is 1.42 bits per heavy atom. The van der Waals surface area contributed by atoms with E-state index in [9.17, 15) is 0 Å². The lowest BCUT2D eigenvalue weighted by molar-refractivity contribution is 0.00853. The summed E-state index contributed by atoms with van der Waals surface area (Å²) >= 11 is 1.88. The first kappa shape index (κ1) is 12.3. The quantitative estimate of drug-likeness (QED) is 0.624. The van der Waals surface area contributed by atoms with Gasteiger partial charge >= 0.3 is 0 Å². The van der Waals surface area contributed by atoms with Gasteiger partial charge in [-0.25, -0.2) is 0 Å². The van der Waals surface area contributed by atoms with Crippen LogP contribution in [0.25, 0.3) is 0 Å². The van der Waals surface area contributed by atoms with E-state index in [1.807, 2.05) is 11.8 Å². The first-order valence-corrected chi connectivity index (χ1v) is 5.94. The molecule has 0 spiro atoms. The van der Waals surface area contributed by atoms with Crippen molar-refractivity contribution in [3.63, 3.8) is 0 Å². The van der Waals surface area contributed by atoms with Crippen LogP contribution >= 0.6 is 11.8 Å². The van der Waals surface area contributed by atoms with Gasteiger partial charge in [-0.15, -0.1) is 0 Å². The van der Waals surface area contributed by atoms with E-state index in [1.165, 1.54) is 12.2 Å². The highest BCUT2D eigenvalue weighted by atomic mass is 32.2. The molecule has 2 N–H and O–H groups in total. The maximum absolute atomic E-state index is 5.61. The van der Waals surface area contributed by atoms with Crippen LogP contribution in [-0.4, -0.2) is 30.8 Å². The highest BCUT2D eigenvalue weighted by Gasteiger charge is 2.07. The molecular weight excluding hydrogens is 170 g/mol. The third-order valence-corrected chi connectivity index (χ3v) is 2.30. The molecular formula is C9H21NOS. The standard InChI is InChI=1S/C9H21NOS/c1-8(2)11-9(7-10)5-4-6-12-3/h8-9H,4-7,10H2,1-3H3.